The molecule has 2 aromatic rings. The fourth-order valence-corrected chi connectivity index (χ4v) is 3.20. The minimum atomic E-state index is -0.116. The normalized spacial score (nSPS) is 10.6. The summed E-state index contributed by atoms with van der Waals surface area (Å²) in [6, 6.07) is 5.46. The summed E-state index contributed by atoms with van der Waals surface area (Å²) in [4.78, 5) is 19.4. The van der Waals surface area contributed by atoms with Gasteiger partial charge in [-0.2, -0.15) is 0 Å². The summed E-state index contributed by atoms with van der Waals surface area (Å²) in [5, 5.41) is 0.435. The van der Waals surface area contributed by atoms with Gasteiger partial charge in [0, 0.05) is 23.3 Å². The van der Waals surface area contributed by atoms with Crippen molar-refractivity contribution in [2.75, 3.05) is 6.54 Å². The standard InChI is InChI=1S/C14H14Cl2N2OS/c1-3-18(8-10-4-5-13(16)20-10)14(19)11-7-17-9(2)6-12(11)15/h4-7H,3,8H2,1-2H3. The Hall–Kier alpha value is -1.10. The third-order valence-corrected chi connectivity index (χ3v) is 4.39. The van der Waals surface area contributed by atoms with E-state index in [0.29, 0.717) is 23.7 Å². The smallest absolute Gasteiger partial charge is 0.257 e. The number of nitrogens with zero attached hydrogens (tertiary/aromatic N) is 2. The topological polar surface area (TPSA) is 33.2 Å². The number of aromatic nitrogens is 1. The lowest BCUT2D eigenvalue weighted by Crippen LogP contribution is -2.30. The molecule has 0 unspecified atom stereocenters. The van der Waals surface area contributed by atoms with Crippen molar-refractivity contribution in [2.45, 2.75) is 20.4 Å². The van der Waals surface area contributed by atoms with Crippen LogP contribution in [0, 0.1) is 6.92 Å². The molecule has 6 heteroatoms. The summed E-state index contributed by atoms with van der Waals surface area (Å²) in [5.74, 6) is -0.116. The van der Waals surface area contributed by atoms with Gasteiger partial charge in [-0.15, -0.1) is 11.3 Å². The third-order valence-electron chi connectivity index (χ3n) is 2.87. The summed E-state index contributed by atoms with van der Waals surface area (Å²) in [6.07, 6.45) is 1.53. The van der Waals surface area contributed by atoms with Crippen LogP contribution >= 0.6 is 34.5 Å². The Kier molecular flexibility index (Phi) is 5.02. The molecule has 0 bridgehead atoms. The second-order valence-electron chi connectivity index (χ2n) is 4.33. The summed E-state index contributed by atoms with van der Waals surface area (Å²) in [7, 11) is 0. The van der Waals surface area contributed by atoms with E-state index in [-0.39, 0.29) is 5.91 Å². The van der Waals surface area contributed by atoms with Gasteiger partial charge >= 0.3 is 0 Å². The number of amides is 1. The maximum absolute atomic E-state index is 12.5. The average Bonchev–Trinajstić information content (AvgIpc) is 2.81. The SMILES string of the molecule is CCN(Cc1ccc(Cl)s1)C(=O)c1cnc(C)cc1Cl. The van der Waals surface area contributed by atoms with Gasteiger partial charge in [0.15, 0.2) is 0 Å². The number of thiophene rings is 1. The van der Waals surface area contributed by atoms with E-state index in [1.807, 2.05) is 26.0 Å². The first kappa shape index (κ1) is 15.3. The van der Waals surface area contributed by atoms with E-state index in [0.717, 1.165) is 14.9 Å². The molecule has 106 valence electrons. The van der Waals surface area contributed by atoms with Crippen LogP contribution in [0.25, 0.3) is 0 Å². The Labute approximate surface area is 132 Å². The van der Waals surface area contributed by atoms with Crippen LogP contribution < -0.4 is 0 Å². The van der Waals surface area contributed by atoms with E-state index in [1.165, 1.54) is 17.5 Å². The second-order valence-corrected chi connectivity index (χ2v) is 6.54. The molecule has 0 saturated carbocycles. The highest BCUT2D eigenvalue weighted by Gasteiger charge is 2.18. The molecule has 3 nitrogen and oxygen atoms in total. The molecule has 0 aliphatic carbocycles. The van der Waals surface area contributed by atoms with Crippen LogP contribution in [0.3, 0.4) is 0 Å². The van der Waals surface area contributed by atoms with Gasteiger partial charge in [0.25, 0.3) is 5.91 Å². The zero-order valence-electron chi connectivity index (χ0n) is 11.2. The van der Waals surface area contributed by atoms with Gasteiger partial charge in [-0.3, -0.25) is 9.78 Å². The van der Waals surface area contributed by atoms with E-state index in [1.54, 1.807) is 11.0 Å². The van der Waals surface area contributed by atoms with Gasteiger partial charge in [-0.05, 0) is 32.0 Å². The van der Waals surface area contributed by atoms with Crippen molar-refractivity contribution in [2.24, 2.45) is 0 Å². The highest BCUT2D eigenvalue weighted by Crippen LogP contribution is 2.24. The van der Waals surface area contributed by atoms with Crippen LogP contribution in [-0.4, -0.2) is 22.3 Å². The third kappa shape index (κ3) is 3.51. The number of carbonyl (C=O) groups is 1. The quantitative estimate of drug-likeness (QED) is 0.832. The molecule has 0 atom stereocenters. The Morgan fingerprint density at radius 1 is 1.40 bits per heavy atom. The molecule has 2 aromatic heterocycles. The number of pyridine rings is 1. The minimum absolute atomic E-state index is 0.116. The maximum Gasteiger partial charge on any atom is 0.257 e. The van der Waals surface area contributed by atoms with Crippen molar-refractivity contribution in [1.82, 2.24) is 9.88 Å². The zero-order valence-corrected chi connectivity index (χ0v) is 13.5. The molecule has 2 heterocycles. The predicted molar refractivity (Wildman–Crippen MR) is 83.7 cm³/mol. The summed E-state index contributed by atoms with van der Waals surface area (Å²) < 4.78 is 0.721. The Bertz CT molecular complexity index is 627. The van der Waals surface area contributed by atoms with E-state index in [4.69, 9.17) is 23.2 Å². The molecule has 1 amide bonds. The molecule has 0 aliphatic rings. The number of hydrogen-bond acceptors (Lipinski definition) is 3. The first-order valence-corrected chi connectivity index (χ1v) is 7.74. The van der Waals surface area contributed by atoms with Crippen LogP contribution in [0.15, 0.2) is 24.4 Å². The van der Waals surface area contributed by atoms with E-state index >= 15 is 0 Å². The van der Waals surface area contributed by atoms with Crippen molar-refractivity contribution >= 4 is 40.4 Å². The van der Waals surface area contributed by atoms with Crippen molar-refractivity contribution < 1.29 is 4.79 Å². The zero-order chi connectivity index (χ0) is 14.7. The highest BCUT2D eigenvalue weighted by atomic mass is 35.5. The van der Waals surface area contributed by atoms with Crippen molar-refractivity contribution in [3.05, 3.63) is 49.9 Å². The molecule has 0 fully saturated rings. The summed E-state index contributed by atoms with van der Waals surface area (Å²) in [6.45, 7) is 4.89. The Balaban J connectivity index is 2.20. The lowest BCUT2D eigenvalue weighted by atomic mass is 10.2. The van der Waals surface area contributed by atoms with Crippen LogP contribution in [0.5, 0.6) is 0 Å². The van der Waals surface area contributed by atoms with Crippen LogP contribution in [0.1, 0.15) is 27.9 Å². The van der Waals surface area contributed by atoms with Crippen LogP contribution in [-0.2, 0) is 6.54 Å². The Morgan fingerprint density at radius 3 is 2.70 bits per heavy atom. The van der Waals surface area contributed by atoms with E-state index in [2.05, 4.69) is 4.98 Å². The second kappa shape index (κ2) is 6.57. The largest absolute Gasteiger partial charge is 0.334 e. The first-order valence-electron chi connectivity index (χ1n) is 6.17. The maximum atomic E-state index is 12.5. The predicted octanol–water partition coefficient (Wildman–Crippen LogP) is 4.42. The molecule has 0 N–H and O–H groups in total. The van der Waals surface area contributed by atoms with Crippen molar-refractivity contribution in [3.63, 3.8) is 0 Å². The fraction of sp³-hybridized carbons (Fsp3) is 0.286. The van der Waals surface area contributed by atoms with Gasteiger partial charge in [-0.1, -0.05) is 23.2 Å². The summed E-state index contributed by atoms with van der Waals surface area (Å²) >= 11 is 13.5. The van der Waals surface area contributed by atoms with Gasteiger partial charge in [0.1, 0.15) is 0 Å². The van der Waals surface area contributed by atoms with Crippen LogP contribution in [0.4, 0.5) is 0 Å². The van der Waals surface area contributed by atoms with E-state index in [9.17, 15) is 4.79 Å². The fourth-order valence-electron chi connectivity index (χ4n) is 1.81. The molecular weight excluding hydrogens is 315 g/mol. The molecular formula is C14H14Cl2N2OS. The molecule has 0 radical (unpaired) electrons. The molecule has 0 aliphatic heterocycles. The first-order chi connectivity index (χ1) is 9.51. The molecule has 0 saturated heterocycles. The molecule has 0 aromatic carbocycles. The van der Waals surface area contributed by atoms with E-state index < -0.39 is 0 Å². The molecule has 0 spiro atoms. The summed E-state index contributed by atoms with van der Waals surface area (Å²) in [5.41, 5.74) is 1.22. The lowest BCUT2D eigenvalue weighted by Gasteiger charge is -2.20. The van der Waals surface area contributed by atoms with Gasteiger partial charge in [0.05, 0.1) is 21.5 Å². The van der Waals surface area contributed by atoms with Gasteiger partial charge in [0.2, 0.25) is 0 Å². The average molecular weight is 329 g/mol. The number of halogens is 2. The highest BCUT2D eigenvalue weighted by molar-refractivity contribution is 7.16. The van der Waals surface area contributed by atoms with Crippen molar-refractivity contribution in [3.8, 4) is 0 Å². The number of aryl methyl sites for hydroxylation is 1. The number of rotatable bonds is 4. The number of carbonyl (C=O) groups excluding carboxylic acids is 1. The Morgan fingerprint density at radius 2 is 2.15 bits per heavy atom. The minimum Gasteiger partial charge on any atom is -0.334 e. The van der Waals surface area contributed by atoms with Crippen LogP contribution in [0.2, 0.25) is 9.36 Å². The lowest BCUT2D eigenvalue weighted by molar-refractivity contribution is 0.0754. The number of hydrogen-bond donors (Lipinski definition) is 0. The van der Waals surface area contributed by atoms with Crippen molar-refractivity contribution in [1.29, 1.82) is 0 Å². The molecule has 20 heavy (non-hydrogen) atoms. The molecule has 2 rings (SSSR count). The van der Waals surface area contributed by atoms with Gasteiger partial charge < -0.3 is 4.90 Å². The monoisotopic (exact) mass is 328 g/mol. The van der Waals surface area contributed by atoms with Gasteiger partial charge in [-0.25, -0.2) is 0 Å².